The zero-order valence-corrected chi connectivity index (χ0v) is 21.3. The van der Waals surface area contributed by atoms with Crippen LogP contribution < -0.4 is 10.6 Å². The number of aliphatic hydroxyl groups excluding tert-OH is 1. The van der Waals surface area contributed by atoms with Crippen LogP contribution in [0.3, 0.4) is 0 Å². The van der Waals surface area contributed by atoms with E-state index in [1.807, 2.05) is 13.0 Å². The summed E-state index contributed by atoms with van der Waals surface area (Å²) < 4.78 is 0. The van der Waals surface area contributed by atoms with Gasteiger partial charge in [-0.3, -0.25) is 10.1 Å². The van der Waals surface area contributed by atoms with Gasteiger partial charge in [-0.05, 0) is 37.5 Å². The average molecular weight is 516 g/mol. The van der Waals surface area contributed by atoms with Crippen molar-refractivity contribution in [3.05, 3.63) is 58.5 Å². The number of aromatic nitrogens is 5. The van der Waals surface area contributed by atoms with E-state index in [9.17, 15) is 10.4 Å². The molecule has 0 unspecified atom stereocenters. The predicted octanol–water partition coefficient (Wildman–Crippen LogP) is 4.04. The summed E-state index contributed by atoms with van der Waals surface area (Å²) in [4.78, 5) is 20.4. The molecule has 0 amide bonds. The number of aliphatic hydroxyl groups is 1. The molecule has 11 heteroatoms. The Bertz CT molecular complexity index is 1550. The minimum Gasteiger partial charge on any atom is -0.390 e. The fourth-order valence-electron chi connectivity index (χ4n) is 4.56. The van der Waals surface area contributed by atoms with Crippen LogP contribution in [-0.4, -0.2) is 49.2 Å². The predicted molar refractivity (Wildman–Crippen MR) is 143 cm³/mol. The van der Waals surface area contributed by atoms with Gasteiger partial charge >= 0.3 is 0 Å². The maximum atomic E-state index is 10.1. The molecular weight excluding hydrogens is 490 g/mol. The van der Waals surface area contributed by atoms with Gasteiger partial charge in [0.15, 0.2) is 5.82 Å². The topological polar surface area (TPSA) is 153 Å². The number of anilines is 1. The molecule has 1 saturated heterocycles. The lowest BCUT2D eigenvalue weighted by molar-refractivity contribution is 0.276. The number of fused-ring (bicyclic) bond motifs is 1. The van der Waals surface area contributed by atoms with Gasteiger partial charge < -0.3 is 15.7 Å². The van der Waals surface area contributed by atoms with Crippen LogP contribution in [0.25, 0.3) is 22.4 Å². The van der Waals surface area contributed by atoms with Crippen molar-refractivity contribution in [3.8, 4) is 17.3 Å². The fraction of sp³-hybridized carbons (Fsp3) is 0.308. The van der Waals surface area contributed by atoms with Gasteiger partial charge in [-0.15, -0.1) is 0 Å². The van der Waals surface area contributed by atoms with Crippen LogP contribution in [0, 0.1) is 23.7 Å². The van der Waals surface area contributed by atoms with Crippen molar-refractivity contribution in [1.82, 2.24) is 25.1 Å². The van der Waals surface area contributed by atoms with E-state index in [4.69, 9.17) is 27.3 Å². The van der Waals surface area contributed by atoms with Crippen molar-refractivity contribution in [3.63, 3.8) is 0 Å². The number of H-pyrrole nitrogens is 1. The highest BCUT2D eigenvalue weighted by atomic mass is 35.5. The molecule has 4 N–H and O–H groups in total. The van der Waals surface area contributed by atoms with E-state index in [0.29, 0.717) is 63.4 Å². The second-order valence-electron chi connectivity index (χ2n) is 9.47. The molecular formula is C26H26ClN9O. The van der Waals surface area contributed by atoms with Crippen LogP contribution in [0.4, 0.5) is 11.5 Å². The maximum absolute atomic E-state index is 10.1. The molecule has 0 atom stereocenters. The van der Waals surface area contributed by atoms with Crippen LogP contribution >= 0.6 is 11.6 Å². The van der Waals surface area contributed by atoms with Crippen molar-refractivity contribution in [2.45, 2.75) is 33.3 Å². The first-order valence-electron chi connectivity index (χ1n) is 11.9. The van der Waals surface area contributed by atoms with Gasteiger partial charge in [0.05, 0.1) is 34.8 Å². The Morgan fingerprint density at radius 2 is 2.08 bits per heavy atom. The average Bonchev–Trinajstić information content (AvgIpc) is 3.31. The highest BCUT2D eigenvalue weighted by Crippen LogP contribution is 2.37. The molecule has 3 aromatic heterocycles. The summed E-state index contributed by atoms with van der Waals surface area (Å²) in [6.45, 7) is 5.14. The molecule has 5 rings (SSSR count). The van der Waals surface area contributed by atoms with Crippen molar-refractivity contribution < 1.29 is 5.11 Å². The molecule has 10 nitrogen and oxygen atoms in total. The van der Waals surface area contributed by atoms with Crippen LogP contribution in [0.15, 0.2) is 41.7 Å². The number of hydrogen-bond acceptors (Lipinski definition) is 8. The molecule has 0 saturated carbocycles. The minimum absolute atomic E-state index is 0.279. The summed E-state index contributed by atoms with van der Waals surface area (Å²) in [5.74, 6) is 1.17. The van der Waals surface area contributed by atoms with Crippen LogP contribution in [0.2, 0.25) is 5.02 Å². The van der Waals surface area contributed by atoms with Crippen LogP contribution in [0.1, 0.15) is 36.6 Å². The first-order valence-corrected chi connectivity index (χ1v) is 12.3. The monoisotopic (exact) mass is 515 g/mol. The largest absolute Gasteiger partial charge is 0.390 e. The standard InChI is InChI=1S/C26H26ClN9O/c1-15-10-17(13-30-12-15)31-25(29)26(2)6-8-36(9-7-26)24-19(14-37)32-22-21(34-35-23(22)33-24)18-5-3-4-16(11-28)20(18)27/h3-5,10,12-13,37H,6-9,14H2,1-2H3,(H2,29,31)(H,33,34,35). The van der Waals surface area contributed by atoms with Gasteiger partial charge in [0.2, 0.25) is 5.65 Å². The molecule has 1 aliphatic heterocycles. The van der Waals surface area contributed by atoms with E-state index in [1.165, 1.54) is 0 Å². The number of nitrogens with zero attached hydrogens (tertiary/aromatic N) is 7. The third-order valence-electron chi connectivity index (χ3n) is 6.87. The van der Waals surface area contributed by atoms with Gasteiger partial charge in [0, 0.05) is 30.3 Å². The molecule has 4 aromatic rings. The van der Waals surface area contributed by atoms with Gasteiger partial charge in [-0.1, -0.05) is 30.7 Å². The number of aryl methyl sites for hydroxylation is 1. The quantitative estimate of drug-likeness (QED) is 0.266. The van der Waals surface area contributed by atoms with E-state index < -0.39 is 0 Å². The third kappa shape index (κ3) is 4.59. The van der Waals surface area contributed by atoms with E-state index >= 15 is 0 Å². The number of piperidine rings is 1. The molecule has 4 heterocycles. The molecule has 1 fully saturated rings. The Hall–Kier alpha value is -4.07. The molecule has 0 aliphatic carbocycles. The first kappa shape index (κ1) is 24.6. The van der Waals surface area contributed by atoms with Crippen LogP contribution in [0.5, 0.6) is 0 Å². The lowest BCUT2D eigenvalue weighted by Gasteiger charge is -2.39. The van der Waals surface area contributed by atoms with Crippen molar-refractivity contribution in [1.29, 1.82) is 5.26 Å². The zero-order chi connectivity index (χ0) is 26.2. The maximum Gasteiger partial charge on any atom is 0.202 e. The Morgan fingerprint density at radius 3 is 2.78 bits per heavy atom. The van der Waals surface area contributed by atoms with E-state index in [0.717, 1.165) is 24.1 Å². The fourth-order valence-corrected chi connectivity index (χ4v) is 4.82. The van der Waals surface area contributed by atoms with E-state index in [1.54, 1.807) is 30.6 Å². The van der Waals surface area contributed by atoms with Gasteiger partial charge in [0.1, 0.15) is 23.1 Å². The lowest BCUT2D eigenvalue weighted by Crippen LogP contribution is -2.46. The molecule has 37 heavy (non-hydrogen) atoms. The zero-order valence-electron chi connectivity index (χ0n) is 20.5. The Kier molecular flexibility index (Phi) is 6.50. The summed E-state index contributed by atoms with van der Waals surface area (Å²) in [6.07, 6.45) is 5.01. The number of rotatable bonds is 5. The van der Waals surface area contributed by atoms with E-state index in [-0.39, 0.29) is 12.0 Å². The third-order valence-corrected chi connectivity index (χ3v) is 7.28. The molecule has 188 valence electrons. The van der Waals surface area contributed by atoms with Crippen molar-refractivity contribution in [2.24, 2.45) is 16.1 Å². The number of aliphatic imine (C=N–C) groups is 1. The van der Waals surface area contributed by atoms with Gasteiger partial charge in [-0.2, -0.15) is 10.4 Å². The Morgan fingerprint density at radius 1 is 1.30 bits per heavy atom. The lowest BCUT2D eigenvalue weighted by atomic mass is 9.79. The molecule has 1 aliphatic rings. The smallest absolute Gasteiger partial charge is 0.202 e. The number of nitrogens with two attached hydrogens (primary N) is 1. The number of halogens is 1. The molecule has 0 bridgehead atoms. The summed E-state index contributed by atoms with van der Waals surface area (Å²) in [6, 6.07) is 9.22. The summed E-state index contributed by atoms with van der Waals surface area (Å²) >= 11 is 6.44. The number of nitriles is 1. The SMILES string of the molecule is Cc1cncc(N=C(N)C2(C)CCN(c3nc4n[nH]c(-c5cccc(C#N)c5Cl)c4nc3CO)CC2)c1. The number of aromatic amines is 1. The van der Waals surface area contributed by atoms with Crippen LogP contribution in [-0.2, 0) is 6.61 Å². The number of benzene rings is 1. The second kappa shape index (κ2) is 9.76. The molecule has 0 radical (unpaired) electrons. The van der Waals surface area contributed by atoms with Crippen molar-refractivity contribution >= 4 is 40.1 Å². The number of pyridine rings is 1. The number of hydrogen-bond donors (Lipinski definition) is 3. The van der Waals surface area contributed by atoms with Crippen molar-refractivity contribution in [2.75, 3.05) is 18.0 Å². The summed E-state index contributed by atoms with van der Waals surface area (Å²) in [5, 5.41) is 27.1. The summed E-state index contributed by atoms with van der Waals surface area (Å²) in [7, 11) is 0. The number of nitrogens with one attached hydrogen (secondary N) is 1. The van der Waals surface area contributed by atoms with Gasteiger partial charge in [0.25, 0.3) is 0 Å². The summed E-state index contributed by atoms with van der Waals surface area (Å²) in [5.41, 5.74) is 10.8. The molecule has 0 spiro atoms. The highest BCUT2D eigenvalue weighted by Gasteiger charge is 2.35. The molecule has 1 aromatic carbocycles. The second-order valence-corrected chi connectivity index (χ2v) is 9.84. The highest BCUT2D eigenvalue weighted by molar-refractivity contribution is 6.34. The minimum atomic E-state index is -0.285. The first-order chi connectivity index (χ1) is 17.8. The normalized spacial score (nSPS) is 15.6. The number of amidine groups is 1. The van der Waals surface area contributed by atoms with Gasteiger partial charge in [-0.25, -0.2) is 15.0 Å². The van der Waals surface area contributed by atoms with E-state index in [2.05, 4.69) is 38.1 Å². The Balaban J connectivity index is 1.42. The Labute approximate surface area is 218 Å².